The van der Waals surface area contributed by atoms with Crippen LogP contribution in [0.2, 0.25) is 0 Å². The van der Waals surface area contributed by atoms with Gasteiger partial charge in [0.25, 0.3) is 0 Å². The molecule has 0 N–H and O–H groups in total. The zero-order valence-corrected chi connectivity index (χ0v) is 8.88. The van der Waals surface area contributed by atoms with Crippen LogP contribution in [0.3, 0.4) is 0 Å². The maximum atomic E-state index is 11.7. The Hall–Kier alpha value is -0.530. The van der Waals surface area contributed by atoms with Crippen LogP contribution in [-0.2, 0) is 4.79 Å². The first-order valence-corrected chi connectivity index (χ1v) is 5.55. The second kappa shape index (κ2) is 5.25. The third-order valence-electron chi connectivity index (χ3n) is 2.87. The molecule has 76 valence electrons. The Morgan fingerprint density at radius 3 is 2.85 bits per heavy atom. The van der Waals surface area contributed by atoms with Crippen molar-refractivity contribution >= 4 is 5.91 Å². The highest BCUT2D eigenvalue weighted by atomic mass is 16.2. The number of rotatable bonds is 3. The van der Waals surface area contributed by atoms with Crippen LogP contribution < -0.4 is 0 Å². The smallest absolute Gasteiger partial charge is 0.222 e. The molecule has 2 nitrogen and oxygen atoms in total. The normalized spacial score (nSPS) is 23.2. The standard InChI is InChI=1S/C11H21NO/c1-3-4-8-11(13)12-9-6-5-7-10(12)2/h10H,3-9H2,1-2H3/t10-/m0/s1. The minimum Gasteiger partial charge on any atom is -0.340 e. The predicted octanol–water partition coefficient (Wildman–Crippen LogP) is 2.58. The molecule has 1 heterocycles. The summed E-state index contributed by atoms with van der Waals surface area (Å²) in [6.45, 7) is 5.29. The summed E-state index contributed by atoms with van der Waals surface area (Å²) < 4.78 is 0. The molecular formula is C11H21NO. The molecule has 0 saturated carbocycles. The average Bonchev–Trinajstić information content (AvgIpc) is 2.15. The Kier molecular flexibility index (Phi) is 4.26. The van der Waals surface area contributed by atoms with E-state index in [-0.39, 0.29) is 0 Å². The number of carbonyl (C=O) groups is 1. The molecule has 0 spiro atoms. The summed E-state index contributed by atoms with van der Waals surface area (Å²) in [5.74, 6) is 0.369. The van der Waals surface area contributed by atoms with E-state index in [1.54, 1.807) is 0 Å². The zero-order chi connectivity index (χ0) is 9.68. The Bertz CT molecular complexity index is 167. The molecule has 1 atom stereocenters. The number of piperidine rings is 1. The zero-order valence-electron chi connectivity index (χ0n) is 8.88. The number of likely N-dealkylation sites (tertiary alicyclic amines) is 1. The van der Waals surface area contributed by atoms with Gasteiger partial charge in [0, 0.05) is 19.0 Å². The van der Waals surface area contributed by atoms with Crippen molar-refractivity contribution in [2.75, 3.05) is 6.54 Å². The van der Waals surface area contributed by atoms with Crippen molar-refractivity contribution in [3.8, 4) is 0 Å². The van der Waals surface area contributed by atoms with Gasteiger partial charge < -0.3 is 4.90 Å². The molecule has 0 aromatic heterocycles. The number of carbonyl (C=O) groups excluding carboxylic acids is 1. The van der Waals surface area contributed by atoms with Crippen LogP contribution in [0.5, 0.6) is 0 Å². The predicted molar refractivity (Wildman–Crippen MR) is 54.6 cm³/mol. The Labute approximate surface area is 81.3 Å². The molecular weight excluding hydrogens is 162 g/mol. The summed E-state index contributed by atoms with van der Waals surface area (Å²) in [6, 6.07) is 0.484. The summed E-state index contributed by atoms with van der Waals surface area (Å²) >= 11 is 0. The van der Waals surface area contributed by atoms with Gasteiger partial charge in [-0.2, -0.15) is 0 Å². The largest absolute Gasteiger partial charge is 0.340 e. The van der Waals surface area contributed by atoms with Gasteiger partial charge in [0.2, 0.25) is 5.91 Å². The summed E-state index contributed by atoms with van der Waals surface area (Å²) in [5.41, 5.74) is 0. The SMILES string of the molecule is CCCCC(=O)N1CCCC[C@@H]1C. The molecule has 0 radical (unpaired) electrons. The Morgan fingerprint density at radius 2 is 2.23 bits per heavy atom. The van der Waals surface area contributed by atoms with Gasteiger partial charge in [-0.3, -0.25) is 4.79 Å². The summed E-state index contributed by atoms with van der Waals surface area (Å²) in [4.78, 5) is 13.8. The van der Waals surface area contributed by atoms with Crippen molar-refractivity contribution in [1.29, 1.82) is 0 Å². The molecule has 1 fully saturated rings. The topological polar surface area (TPSA) is 20.3 Å². The Morgan fingerprint density at radius 1 is 1.46 bits per heavy atom. The maximum absolute atomic E-state index is 11.7. The third kappa shape index (κ3) is 3.02. The van der Waals surface area contributed by atoms with Gasteiger partial charge in [-0.1, -0.05) is 13.3 Å². The second-order valence-corrected chi connectivity index (χ2v) is 4.04. The van der Waals surface area contributed by atoms with Crippen molar-refractivity contribution in [3.63, 3.8) is 0 Å². The molecule has 0 bridgehead atoms. The number of nitrogens with zero attached hydrogens (tertiary/aromatic N) is 1. The minimum absolute atomic E-state index is 0.369. The van der Waals surface area contributed by atoms with E-state index < -0.39 is 0 Å². The molecule has 1 saturated heterocycles. The van der Waals surface area contributed by atoms with Crippen LogP contribution in [-0.4, -0.2) is 23.4 Å². The van der Waals surface area contributed by atoms with Gasteiger partial charge in [-0.05, 0) is 32.6 Å². The van der Waals surface area contributed by atoms with Gasteiger partial charge in [-0.25, -0.2) is 0 Å². The first-order chi connectivity index (χ1) is 6.25. The fraction of sp³-hybridized carbons (Fsp3) is 0.909. The van der Waals surface area contributed by atoms with Crippen molar-refractivity contribution in [2.24, 2.45) is 0 Å². The van der Waals surface area contributed by atoms with Crippen molar-refractivity contribution in [2.45, 2.75) is 58.4 Å². The first-order valence-electron chi connectivity index (χ1n) is 5.55. The van der Waals surface area contributed by atoms with Crippen molar-refractivity contribution < 1.29 is 4.79 Å². The average molecular weight is 183 g/mol. The highest BCUT2D eigenvalue weighted by molar-refractivity contribution is 5.76. The van der Waals surface area contributed by atoms with E-state index in [1.165, 1.54) is 19.3 Å². The van der Waals surface area contributed by atoms with Crippen LogP contribution in [0.15, 0.2) is 0 Å². The monoisotopic (exact) mass is 183 g/mol. The highest BCUT2D eigenvalue weighted by Crippen LogP contribution is 2.17. The second-order valence-electron chi connectivity index (χ2n) is 4.04. The van der Waals surface area contributed by atoms with E-state index in [1.807, 2.05) is 0 Å². The number of amides is 1. The van der Waals surface area contributed by atoms with Crippen molar-refractivity contribution in [3.05, 3.63) is 0 Å². The van der Waals surface area contributed by atoms with E-state index in [2.05, 4.69) is 18.7 Å². The van der Waals surface area contributed by atoms with Crippen LogP contribution in [0.25, 0.3) is 0 Å². The summed E-state index contributed by atoms with van der Waals surface area (Å²) in [6.07, 6.45) is 6.59. The van der Waals surface area contributed by atoms with Crippen molar-refractivity contribution in [1.82, 2.24) is 4.90 Å². The molecule has 0 aromatic rings. The van der Waals surface area contributed by atoms with Gasteiger partial charge in [-0.15, -0.1) is 0 Å². The summed E-state index contributed by atoms with van der Waals surface area (Å²) in [7, 11) is 0. The highest BCUT2D eigenvalue weighted by Gasteiger charge is 2.21. The molecule has 1 rings (SSSR count). The lowest BCUT2D eigenvalue weighted by Crippen LogP contribution is -2.41. The Balaban J connectivity index is 2.35. The number of hydrogen-bond donors (Lipinski definition) is 0. The van der Waals surface area contributed by atoms with Crippen LogP contribution >= 0.6 is 0 Å². The van der Waals surface area contributed by atoms with E-state index in [9.17, 15) is 4.79 Å². The van der Waals surface area contributed by atoms with Gasteiger partial charge in [0.1, 0.15) is 0 Å². The number of unbranched alkanes of at least 4 members (excludes halogenated alkanes) is 1. The van der Waals surface area contributed by atoms with E-state index in [0.717, 1.165) is 25.8 Å². The van der Waals surface area contributed by atoms with E-state index in [0.29, 0.717) is 11.9 Å². The molecule has 13 heavy (non-hydrogen) atoms. The fourth-order valence-electron chi connectivity index (χ4n) is 1.94. The lowest BCUT2D eigenvalue weighted by molar-refractivity contribution is -0.134. The molecule has 1 amide bonds. The molecule has 0 aromatic carbocycles. The molecule has 0 aliphatic carbocycles. The van der Waals surface area contributed by atoms with E-state index in [4.69, 9.17) is 0 Å². The lowest BCUT2D eigenvalue weighted by atomic mass is 10.0. The van der Waals surface area contributed by atoms with Crippen LogP contribution in [0, 0.1) is 0 Å². The molecule has 1 aliphatic heterocycles. The van der Waals surface area contributed by atoms with Gasteiger partial charge >= 0.3 is 0 Å². The number of hydrogen-bond acceptors (Lipinski definition) is 1. The third-order valence-corrected chi connectivity index (χ3v) is 2.87. The van der Waals surface area contributed by atoms with Gasteiger partial charge in [0.15, 0.2) is 0 Å². The first kappa shape index (κ1) is 10.6. The fourth-order valence-corrected chi connectivity index (χ4v) is 1.94. The van der Waals surface area contributed by atoms with Crippen LogP contribution in [0.4, 0.5) is 0 Å². The van der Waals surface area contributed by atoms with Gasteiger partial charge in [0.05, 0.1) is 0 Å². The molecule has 2 heteroatoms. The minimum atomic E-state index is 0.369. The van der Waals surface area contributed by atoms with Crippen LogP contribution in [0.1, 0.15) is 52.4 Å². The molecule has 0 unspecified atom stereocenters. The molecule has 1 aliphatic rings. The maximum Gasteiger partial charge on any atom is 0.222 e. The quantitative estimate of drug-likeness (QED) is 0.658. The lowest BCUT2D eigenvalue weighted by Gasteiger charge is -2.33. The summed E-state index contributed by atoms with van der Waals surface area (Å²) in [5, 5.41) is 0. The van der Waals surface area contributed by atoms with E-state index >= 15 is 0 Å².